The predicted octanol–water partition coefficient (Wildman–Crippen LogP) is 2.44. The third-order valence-electron chi connectivity index (χ3n) is 2.99. The molecule has 0 bridgehead atoms. The van der Waals surface area contributed by atoms with Crippen molar-refractivity contribution in [1.82, 2.24) is 0 Å². The molecule has 0 fully saturated rings. The molecule has 4 heteroatoms. The molecule has 0 radical (unpaired) electrons. The van der Waals surface area contributed by atoms with Crippen molar-refractivity contribution in [2.24, 2.45) is 5.73 Å². The summed E-state index contributed by atoms with van der Waals surface area (Å²) in [4.78, 5) is 0. The Morgan fingerprint density at radius 1 is 1.35 bits per heavy atom. The zero-order valence-corrected chi connectivity index (χ0v) is 10.0. The molecule has 1 aromatic rings. The van der Waals surface area contributed by atoms with E-state index in [0.717, 1.165) is 18.4 Å². The molecule has 2 rings (SSSR count). The lowest BCUT2D eigenvalue weighted by atomic mass is 9.97. The second-order valence-corrected chi connectivity index (χ2v) is 4.36. The number of benzene rings is 1. The first-order valence-corrected chi connectivity index (χ1v) is 6.01. The zero-order valence-electron chi connectivity index (χ0n) is 10.0. The minimum Gasteiger partial charge on any atom is -0.489 e. The van der Waals surface area contributed by atoms with E-state index >= 15 is 0 Å². The summed E-state index contributed by atoms with van der Waals surface area (Å²) in [6.45, 7) is 3.70. The van der Waals surface area contributed by atoms with Gasteiger partial charge in [-0.15, -0.1) is 0 Å². The largest absolute Gasteiger partial charge is 0.489 e. The SMILES string of the molecule is CC(CCN)c1cc(F)c2c(c1)OCCCO2. The van der Waals surface area contributed by atoms with Crippen LogP contribution < -0.4 is 15.2 Å². The van der Waals surface area contributed by atoms with Crippen LogP contribution in [-0.4, -0.2) is 19.8 Å². The molecule has 17 heavy (non-hydrogen) atoms. The lowest BCUT2D eigenvalue weighted by Crippen LogP contribution is -2.05. The molecule has 0 saturated carbocycles. The Hall–Kier alpha value is -1.29. The number of halogens is 1. The van der Waals surface area contributed by atoms with Crippen LogP contribution in [0.4, 0.5) is 4.39 Å². The van der Waals surface area contributed by atoms with Crippen molar-refractivity contribution in [3.8, 4) is 11.5 Å². The van der Waals surface area contributed by atoms with Crippen molar-refractivity contribution >= 4 is 0 Å². The highest BCUT2D eigenvalue weighted by Crippen LogP contribution is 2.36. The summed E-state index contributed by atoms with van der Waals surface area (Å²) < 4.78 is 24.7. The van der Waals surface area contributed by atoms with Crippen LogP contribution in [0.5, 0.6) is 11.5 Å². The van der Waals surface area contributed by atoms with Gasteiger partial charge in [0.15, 0.2) is 17.3 Å². The second kappa shape index (κ2) is 5.36. The molecule has 3 nitrogen and oxygen atoms in total. The van der Waals surface area contributed by atoms with Crippen molar-refractivity contribution in [3.63, 3.8) is 0 Å². The number of ether oxygens (including phenoxy) is 2. The first-order chi connectivity index (χ1) is 8.22. The third kappa shape index (κ3) is 2.69. The fraction of sp³-hybridized carbons (Fsp3) is 0.538. The van der Waals surface area contributed by atoms with E-state index in [1.807, 2.05) is 13.0 Å². The fourth-order valence-corrected chi connectivity index (χ4v) is 1.95. The van der Waals surface area contributed by atoms with Gasteiger partial charge in [-0.1, -0.05) is 6.92 Å². The smallest absolute Gasteiger partial charge is 0.197 e. The van der Waals surface area contributed by atoms with Gasteiger partial charge in [-0.2, -0.15) is 0 Å². The number of fused-ring (bicyclic) bond motifs is 1. The first-order valence-electron chi connectivity index (χ1n) is 6.01. The molecule has 1 aromatic carbocycles. The monoisotopic (exact) mass is 239 g/mol. The van der Waals surface area contributed by atoms with Gasteiger partial charge in [0, 0.05) is 6.42 Å². The van der Waals surface area contributed by atoms with Crippen LogP contribution in [0, 0.1) is 5.82 Å². The normalized spacial score (nSPS) is 16.4. The molecule has 0 saturated heterocycles. The van der Waals surface area contributed by atoms with Crippen LogP contribution in [0.3, 0.4) is 0 Å². The summed E-state index contributed by atoms with van der Waals surface area (Å²) in [6, 6.07) is 3.39. The summed E-state index contributed by atoms with van der Waals surface area (Å²) >= 11 is 0. The van der Waals surface area contributed by atoms with Gasteiger partial charge in [0.1, 0.15) is 0 Å². The molecule has 1 unspecified atom stereocenters. The number of nitrogens with two attached hydrogens (primary N) is 1. The van der Waals surface area contributed by atoms with E-state index < -0.39 is 0 Å². The first kappa shape index (κ1) is 12.2. The van der Waals surface area contributed by atoms with Crippen LogP contribution in [0.15, 0.2) is 12.1 Å². The maximum Gasteiger partial charge on any atom is 0.197 e. The van der Waals surface area contributed by atoms with Gasteiger partial charge >= 0.3 is 0 Å². The zero-order chi connectivity index (χ0) is 12.3. The second-order valence-electron chi connectivity index (χ2n) is 4.36. The molecule has 2 N–H and O–H groups in total. The molecule has 0 aromatic heterocycles. The van der Waals surface area contributed by atoms with E-state index in [-0.39, 0.29) is 17.5 Å². The Balaban J connectivity index is 2.31. The Bertz CT molecular complexity index is 395. The van der Waals surface area contributed by atoms with Crippen LogP contribution in [0.1, 0.15) is 31.2 Å². The van der Waals surface area contributed by atoms with Gasteiger partial charge in [-0.05, 0) is 36.6 Å². The Morgan fingerprint density at radius 3 is 2.88 bits per heavy atom. The van der Waals surface area contributed by atoms with E-state index in [1.54, 1.807) is 0 Å². The lowest BCUT2D eigenvalue weighted by Gasteiger charge is -2.14. The Labute approximate surface area is 101 Å². The summed E-state index contributed by atoms with van der Waals surface area (Å²) in [5.41, 5.74) is 6.43. The minimum atomic E-state index is -0.344. The maximum atomic E-state index is 13.9. The molecule has 0 amide bonds. The summed E-state index contributed by atoms with van der Waals surface area (Å²) in [7, 11) is 0. The average molecular weight is 239 g/mol. The molecular formula is C13H18FNO2. The van der Waals surface area contributed by atoms with Crippen molar-refractivity contribution < 1.29 is 13.9 Å². The third-order valence-corrected chi connectivity index (χ3v) is 2.99. The molecule has 0 aliphatic carbocycles. The highest BCUT2D eigenvalue weighted by atomic mass is 19.1. The van der Waals surface area contributed by atoms with Gasteiger partial charge in [-0.25, -0.2) is 4.39 Å². The van der Waals surface area contributed by atoms with Gasteiger partial charge in [0.25, 0.3) is 0 Å². The van der Waals surface area contributed by atoms with Crippen molar-refractivity contribution in [2.75, 3.05) is 19.8 Å². The van der Waals surface area contributed by atoms with Crippen LogP contribution in [0.2, 0.25) is 0 Å². The predicted molar refractivity (Wildman–Crippen MR) is 64.1 cm³/mol. The van der Waals surface area contributed by atoms with Crippen LogP contribution in [0.25, 0.3) is 0 Å². The highest BCUT2D eigenvalue weighted by molar-refractivity contribution is 5.45. The standard InChI is InChI=1S/C13H18FNO2/c1-9(3-4-15)10-7-11(14)13-12(8-10)16-5-2-6-17-13/h7-9H,2-6,15H2,1H3. The van der Waals surface area contributed by atoms with Crippen molar-refractivity contribution in [2.45, 2.75) is 25.7 Å². The average Bonchev–Trinajstić information content (AvgIpc) is 2.54. The minimum absolute atomic E-state index is 0.228. The van der Waals surface area contributed by atoms with E-state index in [9.17, 15) is 4.39 Å². The molecule has 1 aliphatic heterocycles. The highest BCUT2D eigenvalue weighted by Gasteiger charge is 2.18. The van der Waals surface area contributed by atoms with Crippen LogP contribution in [-0.2, 0) is 0 Å². The van der Waals surface area contributed by atoms with E-state index in [4.69, 9.17) is 15.2 Å². The quantitative estimate of drug-likeness (QED) is 0.881. The van der Waals surface area contributed by atoms with Crippen molar-refractivity contribution in [3.05, 3.63) is 23.5 Å². The Kier molecular flexibility index (Phi) is 3.84. The van der Waals surface area contributed by atoms with E-state index in [2.05, 4.69) is 0 Å². The Morgan fingerprint density at radius 2 is 2.12 bits per heavy atom. The summed E-state index contributed by atoms with van der Waals surface area (Å²) in [5, 5.41) is 0. The summed E-state index contributed by atoms with van der Waals surface area (Å²) in [5.74, 6) is 0.641. The fourth-order valence-electron chi connectivity index (χ4n) is 1.95. The van der Waals surface area contributed by atoms with Crippen molar-refractivity contribution in [1.29, 1.82) is 0 Å². The van der Waals surface area contributed by atoms with Gasteiger partial charge in [-0.3, -0.25) is 0 Å². The molecule has 1 heterocycles. The lowest BCUT2D eigenvalue weighted by molar-refractivity contribution is 0.292. The van der Waals surface area contributed by atoms with Gasteiger partial charge < -0.3 is 15.2 Å². The van der Waals surface area contributed by atoms with E-state index in [0.29, 0.717) is 25.5 Å². The molecular weight excluding hydrogens is 221 g/mol. The molecule has 1 aliphatic rings. The molecule has 0 spiro atoms. The van der Waals surface area contributed by atoms with Crippen LogP contribution >= 0.6 is 0 Å². The van der Waals surface area contributed by atoms with Gasteiger partial charge in [0.2, 0.25) is 0 Å². The van der Waals surface area contributed by atoms with Gasteiger partial charge in [0.05, 0.1) is 13.2 Å². The number of hydrogen-bond acceptors (Lipinski definition) is 3. The number of hydrogen-bond donors (Lipinski definition) is 1. The molecule has 1 atom stereocenters. The van der Waals surface area contributed by atoms with E-state index in [1.165, 1.54) is 6.07 Å². The topological polar surface area (TPSA) is 44.5 Å². The number of rotatable bonds is 3. The molecule has 94 valence electrons. The summed E-state index contributed by atoms with van der Waals surface area (Å²) in [6.07, 6.45) is 1.61. The maximum absolute atomic E-state index is 13.9.